The van der Waals surface area contributed by atoms with Crippen LogP contribution in [0.2, 0.25) is 0 Å². The molecule has 0 aliphatic heterocycles. The fourth-order valence-corrected chi connectivity index (χ4v) is 2.66. The van der Waals surface area contributed by atoms with Crippen LogP contribution in [-0.2, 0) is 6.54 Å². The zero-order valence-corrected chi connectivity index (χ0v) is 11.0. The van der Waals surface area contributed by atoms with E-state index in [-0.39, 0.29) is 0 Å². The van der Waals surface area contributed by atoms with Crippen molar-refractivity contribution in [3.63, 3.8) is 0 Å². The average Bonchev–Trinajstić information content (AvgIpc) is 2.88. The molecule has 0 fully saturated rings. The third-order valence-electron chi connectivity index (χ3n) is 2.69. The van der Waals surface area contributed by atoms with Gasteiger partial charge in [0.15, 0.2) is 12.0 Å². The molecule has 0 saturated carbocycles. The Morgan fingerprint density at radius 3 is 2.88 bits per heavy atom. The van der Waals surface area contributed by atoms with Crippen LogP contribution in [0.4, 0.5) is 0 Å². The second kappa shape index (κ2) is 4.75. The fraction of sp³-hybridized carbons (Fsp3) is 0.154. The molecule has 17 heavy (non-hydrogen) atoms. The molecule has 0 radical (unpaired) electrons. The van der Waals surface area contributed by atoms with Crippen molar-refractivity contribution in [2.24, 2.45) is 0 Å². The summed E-state index contributed by atoms with van der Waals surface area (Å²) in [6, 6.07) is 3.69. The van der Waals surface area contributed by atoms with Crippen LogP contribution in [0.5, 0.6) is 0 Å². The molecule has 2 rings (SSSR count). The van der Waals surface area contributed by atoms with E-state index in [1.54, 1.807) is 12.3 Å². The van der Waals surface area contributed by atoms with Gasteiger partial charge in [0.1, 0.15) is 0 Å². The van der Waals surface area contributed by atoms with Crippen molar-refractivity contribution in [1.29, 1.82) is 0 Å². The molecule has 0 atom stereocenters. The molecule has 2 heterocycles. The number of rotatable bonds is 4. The minimum Gasteiger partial charge on any atom is -0.463 e. The van der Waals surface area contributed by atoms with Crippen LogP contribution in [0.1, 0.15) is 16.1 Å². The molecule has 0 unspecified atom stereocenters. The highest BCUT2D eigenvalue weighted by Crippen LogP contribution is 2.35. The maximum absolute atomic E-state index is 11.1. The Morgan fingerprint density at radius 2 is 2.35 bits per heavy atom. The van der Waals surface area contributed by atoms with E-state index in [1.165, 1.54) is 0 Å². The predicted molar refractivity (Wildman–Crippen MR) is 70.2 cm³/mol. The molecule has 0 N–H and O–H groups in total. The third-order valence-corrected chi connectivity index (χ3v) is 3.50. The summed E-state index contributed by atoms with van der Waals surface area (Å²) < 4.78 is 8.16. The lowest BCUT2D eigenvalue weighted by Crippen LogP contribution is -2.00. The van der Waals surface area contributed by atoms with E-state index in [0.717, 1.165) is 27.9 Å². The zero-order chi connectivity index (χ0) is 12.4. The number of aldehydes is 1. The second-order valence-electron chi connectivity index (χ2n) is 3.66. The standard InChI is InChI=1S/C13H12BrNO2/c1-3-6-15-9(2)10(8-16)12(14)13(15)11-5-4-7-17-11/h3-5,7-8H,1,6H2,2H3. The molecule has 3 nitrogen and oxygen atoms in total. The first-order valence-corrected chi connectivity index (χ1v) is 5.98. The zero-order valence-electron chi connectivity index (χ0n) is 9.44. The highest BCUT2D eigenvalue weighted by atomic mass is 79.9. The second-order valence-corrected chi connectivity index (χ2v) is 4.45. The molecule has 0 spiro atoms. The van der Waals surface area contributed by atoms with Gasteiger partial charge in [-0.2, -0.15) is 0 Å². The number of allylic oxidation sites excluding steroid dienone is 1. The molecule has 0 amide bonds. The SMILES string of the molecule is C=CCn1c(C)c(C=O)c(Br)c1-c1ccco1. The van der Waals surface area contributed by atoms with Crippen LogP contribution in [-0.4, -0.2) is 10.9 Å². The van der Waals surface area contributed by atoms with Gasteiger partial charge in [0.2, 0.25) is 0 Å². The Bertz CT molecular complexity index is 552. The monoisotopic (exact) mass is 293 g/mol. The molecular weight excluding hydrogens is 282 g/mol. The number of halogens is 1. The van der Waals surface area contributed by atoms with Crippen molar-refractivity contribution in [3.05, 3.63) is 46.8 Å². The number of furan rings is 1. The summed E-state index contributed by atoms with van der Waals surface area (Å²) in [5.74, 6) is 0.731. The molecule has 0 aromatic carbocycles. The molecule has 4 heteroatoms. The normalized spacial score (nSPS) is 10.5. The third kappa shape index (κ3) is 1.89. The first-order chi connectivity index (χ1) is 8.20. The molecule has 0 saturated heterocycles. The fourth-order valence-electron chi connectivity index (χ4n) is 1.87. The van der Waals surface area contributed by atoms with Crippen LogP contribution in [0.3, 0.4) is 0 Å². The molecule has 88 valence electrons. The van der Waals surface area contributed by atoms with Crippen LogP contribution >= 0.6 is 15.9 Å². The quantitative estimate of drug-likeness (QED) is 0.634. The van der Waals surface area contributed by atoms with Gasteiger partial charge in [-0.1, -0.05) is 6.08 Å². The summed E-state index contributed by atoms with van der Waals surface area (Å²) in [6.07, 6.45) is 4.26. The summed E-state index contributed by atoms with van der Waals surface area (Å²) in [5.41, 5.74) is 2.42. The van der Waals surface area contributed by atoms with Crippen LogP contribution in [0.25, 0.3) is 11.5 Å². The maximum atomic E-state index is 11.1. The Kier molecular flexibility index (Phi) is 3.33. The largest absolute Gasteiger partial charge is 0.463 e. The number of hydrogen-bond acceptors (Lipinski definition) is 2. The smallest absolute Gasteiger partial charge is 0.153 e. The molecule has 0 aliphatic carbocycles. The van der Waals surface area contributed by atoms with Crippen molar-refractivity contribution in [2.45, 2.75) is 13.5 Å². The van der Waals surface area contributed by atoms with E-state index in [0.29, 0.717) is 12.1 Å². The van der Waals surface area contributed by atoms with Gasteiger partial charge < -0.3 is 8.98 Å². The van der Waals surface area contributed by atoms with Gasteiger partial charge >= 0.3 is 0 Å². The predicted octanol–water partition coefficient (Wildman–Crippen LogP) is 3.82. The van der Waals surface area contributed by atoms with Crippen LogP contribution < -0.4 is 0 Å². The van der Waals surface area contributed by atoms with Gasteiger partial charge in [-0.15, -0.1) is 6.58 Å². The lowest BCUT2D eigenvalue weighted by molar-refractivity contribution is 0.112. The van der Waals surface area contributed by atoms with Crippen LogP contribution in [0.15, 0.2) is 39.9 Å². The number of hydrogen-bond donors (Lipinski definition) is 0. The van der Waals surface area contributed by atoms with Crippen molar-refractivity contribution in [1.82, 2.24) is 4.57 Å². The summed E-state index contributed by atoms with van der Waals surface area (Å²) in [7, 11) is 0. The molecular formula is C13H12BrNO2. The average molecular weight is 294 g/mol. The Labute approximate surface area is 108 Å². The topological polar surface area (TPSA) is 35.1 Å². The van der Waals surface area contributed by atoms with Gasteiger partial charge in [-0.25, -0.2) is 0 Å². The van der Waals surface area contributed by atoms with Gasteiger partial charge in [-0.3, -0.25) is 4.79 Å². The summed E-state index contributed by atoms with van der Waals surface area (Å²) in [4.78, 5) is 11.1. The van der Waals surface area contributed by atoms with Crippen molar-refractivity contribution in [2.75, 3.05) is 0 Å². The maximum Gasteiger partial charge on any atom is 0.153 e. The van der Waals surface area contributed by atoms with Crippen molar-refractivity contribution < 1.29 is 9.21 Å². The molecule has 2 aromatic heterocycles. The Hall–Kier alpha value is -1.55. The summed E-state index contributed by atoms with van der Waals surface area (Å²) in [6.45, 7) is 6.27. The van der Waals surface area contributed by atoms with E-state index >= 15 is 0 Å². The van der Waals surface area contributed by atoms with Crippen molar-refractivity contribution >= 4 is 22.2 Å². The first kappa shape index (κ1) is 11.9. The lowest BCUT2D eigenvalue weighted by Gasteiger charge is -2.07. The Morgan fingerprint density at radius 1 is 1.59 bits per heavy atom. The van der Waals surface area contributed by atoms with Crippen LogP contribution in [0, 0.1) is 6.92 Å². The molecule has 0 aliphatic rings. The lowest BCUT2D eigenvalue weighted by atomic mass is 10.2. The van der Waals surface area contributed by atoms with Gasteiger partial charge in [0, 0.05) is 17.8 Å². The van der Waals surface area contributed by atoms with E-state index in [2.05, 4.69) is 22.5 Å². The first-order valence-electron chi connectivity index (χ1n) is 5.19. The number of aromatic nitrogens is 1. The van der Waals surface area contributed by atoms with E-state index < -0.39 is 0 Å². The minimum absolute atomic E-state index is 0.633. The van der Waals surface area contributed by atoms with Gasteiger partial charge in [0.05, 0.1) is 16.4 Å². The number of nitrogens with zero attached hydrogens (tertiary/aromatic N) is 1. The summed E-state index contributed by atoms with van der Waals surface area (Å²) >= 11 is 3.46. The summed E-state index contributed by atoms with van der Waals surface area (Å²) in [5, 5.41) is 0. The van der Waals surface area contributed by atoms with Crippen molar-refractivity contribution in [3.8, 4) is 11.5 Å². The minimum atomic E-state index is 0.633. The van der Waals surface area contributed by atoms with E-state index in [1.807, 2.05) is 23.6 Å². The molecule has 2 aromatic rings. The number of carbonyl (C=O) groups is 1. The Balaban J connectivity index is 2.72. The highest BCUT2D eigenvalue weighted by Gasteiger charge is 2.20. The highest BCUT2D eigenvalue weighted by molar-refractivity contribution is 9.10. The molecule has 0 bridgehead atoms. The van der Waals surface area contributed by atoms with Gasteiger partial charge in [0.25, 0.3) is 0 Å². The van der Waals surface area contributed by atoms with Gasteiger partial charge in [-0.05, 0) is 35.0 Å². The number of carbonyl (C=O) groups excluding carboxylic acids is 1. The van der Waals surface area contributed by atoms with E-state index in [9.17, 15) is 4.79 Å². The van der Waals surface area contributed by atoms with E-state index in [4.69, 9.17) is 4.42 Å².